The first-order valence-corrected chi connectivity index (χ1v) is 6.55. The van der Waals surface area contributed by atoms with Crippen LogP contribution in [-0.4, -0.2) is 41.4 Å². The van der Waals surface area contributed by atoms with Crippen LogP contribution in [0.3, 0.4) is 0 Å². The van der Waals surface area contributed by atoms with E-state index in [0.717, 1.165) is 12.5 Å². The molecule has 17 heavy (non-hydrogen) atoms. The van der Waals surface area contributed by atoms with E-state index in [1.807, 2.05) is 25.0 Å². The van der Waals surface area contributed by atoms with E-state index in [4.69, 9.17) is 0 Å². The number of rotatable bonds is 4. The average Bonchev–Trinajstić information content (AvgIpc) is 2.64. The number of hydrogen-bond donors (Lipinski definition) is 1. The first kappa shape index (κ1) is 12.6. The van der Waals surface area contributed by atoms with Crippen LogP contribution in [0.25, 0.3) is 0 Å². The maximum atomic E-state index is 4.31. The minimum Gasteiger partial charge on any atom is -0.319 e. The van der Waals surface area contributed by atoms with Gasteiger partial charge in [0.15, 0.2) is 0 Å². The molecule has 1 aromatic heterocycles. The van der Waals surface area contributed by atoms with Gasteiger partial charge in [0.1, 0.15) is 0 Å². The van der Waals surface area contributed by atoms with Gasteiger partial charge in [-0.1, -0.05) is 0 Å². The van der Waals surface area contributed by atoms with Crippen LogP contribution in [0.15, 0.2) is 6.20 Å². The second kappa shape index (κ2) is 5.65. The Morgan fingerprint density at radius 1 is 1.41 bits per heavy atom. The number of nitrogens with one attached hydrogen (secondary N) is 1. The normalized spacial score (nSPS) is 18.8. The summed E-state index contributed by atoms with van der Waals surface area (Å²) < 4.78 is 1.96. The molecule has 1 N–H and O–H groups in total. The van der Waals surface area contributed by atoms with Crippen molar-refractivity contribution in [2.75, 3.05) is 26.7 Å². The van der Waals surface area contributed by atoms with E-state index in [9.17, 15) is 0 Å². The van der Waals surface area contributed by atoms with E-state index in [2.05, 4.69) is 22.2 Å². The van der Waals surface area contributed by atoms with Crippen molar-refractivity contribution in [1.29, 1.82) is 0 Å². The van der Waals surface area contributed by atoms with Gasteiger partial charge in [-0.25, -0.2) is 0 Å². The highest BCUT2D eigenvalue weighted by molar-refractivity contribution is 5.15. The summed E-state index contributed by atoms with van der Waals surface area (Å²) in [6, 6.07) is 0. The van der Waals surface area contributed by atoms with Gasteiger partial charge in [0.2, 0.25) is 0 Å². The molecule has 1 aromatic rings. The van der Waals surface area contributed by atoms with Crippen molar-refractivity contribution in [3.63, 3.8) is 0 Å². The van der Waals surface area contributed by atoms with Crippen LogP contribution in [0.5, 0.6) is 0 Å². The molecule has 0 amide bonds. The summed E-state index contributed by atoms with van der Waals surface area (Å²) in [7, 11) is 4.06. The summed E-state index contributed by atoms with van der Waals surface area (Å²) in [5.41, 5.74) is 2.67. The van der Waals surface area contributed by atoms with Crippen LogP contribution in [0, 0.1) is 12.8 Å². The van der Waals surface area contributed by atoms with E-state index < -0.39 is 0 Å². The zero-order chi connectivity index (χ0) is 12.3. The molecule has 0 saturated carbocycles. The molecular formula is C13H24N4. The summed E-state index contributed by atoms with van der Waals surface area (Å²) in [4.78, 5) is 2.55. The van der Waals surface area contributed by atoms with Gasteiger partial charge in [-0.15, -0.1) is 0 Å². The van der Waals surface area contributed by atoms with Gasteiger partial charge in [0, 0.05) is 24.8 Å². The van der Waals surface area contributed by atoms with Crippen molar-refractivity contribution < 1.29 is 0 Å². The van der Waals surface area contributed by atoms with Gasteiger partial charge in [0.05, 0.1) is 6.20 Å². The largest absolute Gasteiger partial charge is 0.319 e. The lowest BCUT2D eigenvalue weighted by molar-refractivity contribution is 0.176. The molecule has 0 radical (unpaired) electrons. The van der Waals surface area contributed by atoms with Crippen LogP contribution in [0.1, 0.15) is 24.1 Å². The Labute approximate surface area is 104 Å². The number of aryl methyl sites for hydroxylation is 1. The lowest BCUT2D eigenvalue weighted by Gasteiger charge is -2.31. The van der Waals surface area contributed by atoms with Crippen molar-refractivity contribution in [3.8, 4) is 0 Å². The highest BCUT2D eigenvalue weighted by Crippen LogP contribution is 2.19. The summed E-state index contributed by atoms with van der Waals surface area (Å²) in [5.74, 6) is 0.867. The van der Waals surface area contributed by atoms with Crippen LogP contribution in [0.2, 0.25) is 0 Å². The molecule has 1 saturated heterocycles. The van der Waals surface area contributed by atoms with Crippen LogP contribution < -0.4 is 5.32 Å². The van der Waals surface area contributed by atoms with Crippen molar-refractivity contribution >= 4 is 0 Å². The van der Waals surface area contributed by atoms with Crippen LogP contribution >= 0.6 is 0 Å². The fourth-order valence-corrected chi connectivity index (χ4v) is 2.58. The van der Waals surface area contributed by atoms with E-state index >= 15 is 0 Å². The Hall–Kier alpha value is -0.870. The predicted molar refractivity (Wildman–Crippen MR) is 69.9 cm³/mol. The molecule has 0 bridgehead atoms. The Morgan fingerprint density at radius 2 is 2.12 bits per heavy atom. The molecule has 0 aromatic carbocycles. The van der Waals surface area contributed by atoms with Crippen molar-refractivity contribution in [1.82, 2.24) is 20.0 Å². The number of piperidine rings is 1. The summed E-state index contributed by atoms with van der Waals surface area (Å²) in [6.45, 7) is 6.82. The molecular weight excluding hydrogens is 212 g/mol. The minimum atomic E-state index is 0.867. The molecule has 0 spiro atoms. The smallest absolute Gasteiger partial charge is 0.0537 e. The fraction of sp³-hybridized carbons (Fsp3) is 0.769. The molecule has 1 aliphatic heterocycles. The zero-order valence-electron chi connectivity index (χ0n) is 11.2. The monoisotopic (exact) mass is 236 g/mol. The third kappa shape index (κ3) is 3.07. The molecule has 1 fully saturated rings. The van der Waals surface area contributed by atoms with Gasteiger partial charge in [-0.3, -0.25) is 9.58 Å². The van der Waals surface area contributed by atoms with Gasteiger partial charge in [-0.05, 0) is 52.4 Å². The lowest BCUT2D eigenvalue weighted by atomic mass is 9.96. The fourth-order valence-electron chi connectivity index (χ4n) is 2.58. The summed E-state index contributed by atoms with van der Waals surface area (Å²) >= 11 is 0. The highest BCUT2D eigenvalue weighted by atomic mass is 15.3. The molecule has 0 aliphatic carbocycles. The van der Waals surface area contributed by atoms with Gasteiger partial charge >= 0.3 is 0 Å². The SMILES string of the molecule is CNCC1CCN(Cc2cnn(C)c2C)CC1. The van der Waals surface area contributed by atoms with E-state index in [-0.39, 0.29) is 0 Å². The highest BCUT2D eigenvalue weighted by Gasteiger charge is 2.19. The van der Waals surface area contributed by atoms with E-state index in [0.29, 0.717) is 0 Å². The number of nitrogens with zero attached hydrogens (tertiary/aromatic N) is 3. The first-order chi connectivity index (χ1) is 8.20. The van der Waals surface area contributed by atoms with Crippen molar-refractivity contribution in [2.45, 2.75) is 26.3 Å². The summed E-state index contributed by atoms with van der Waals surface area (Å²) in [6.07, 6.45) is 4.65. The second-order valence-corrected chi connectivity index (χ2v) is 5.16. The number of aromatic nitrogens is 2. The van der Waals surface area contributed by atoms with Gasteiger partial charge in [-0.2, -0.15) is 5.10 Å². The molecule has 2 heterocycles. The third-order valence-electron chi connectivity index (χ3n) is 3.93. The Balaban J connectivity index is 1.84. The maximum absolute atomic E-state index is 4.31. The van der Waals surface area contributed by atoms with Crippen molar-refractivity contribution in [2.24, 2.45) is 13.0 Å². The van der Waals surface area contributed by atoms with Crippen molar-refractivity contribution in [3.05, 3.63) is 17.5 Å². The van der Waals surface area contributed by atoms with Crippen LogP contribution in [-0.2, 0) is 13.6 Å². The molecule has 96 valence electrons. The average molecular weight is 236 g/mol. The van der Waals surface area contributed by atoms with E-state index in [1.54, 1.807) is 0 Å². The van der Waals surface area contributed by atoms with Gasteiger partial charge < -0.3 is 5.32 Å². The Kier molecular flexibility index (Phi) is 4.18. The Morgan fingerprint density at radius 3 is 2.65 bits per heavy atom. The molecule has 1 aliphatic rings. The molecule has 2 rings (SSSR count). The molecule has 0 unspecified atom stereocenters. The number of hydrogen-bond acceptors (Lipinski definition) is 3. The van der Waals surface area contributed by atoms with Gasteiger partial charge in [0.25, 0.3) is 0 Å². The minimum absolute atomic E-state index is 0.867. The summed E-state index contributed by atoms with van der Waals surface area (Å²) in [5, 5.41) is 7.59. The molecule has 0 atom stereocenters. The number of likely N-dealkylation sites (tertiary alicyclic amines) is 1. The van der Waals surface area contributed by atoms with E-state index in [1.165, 1.54) is 43.7 Å². The lowest BCUT2D eigenvalue weighted by Crippen LogP contribution is -2.36. The third-order valence-corrected chi connectivity index (χ3v) is 3.93. The Bertz CT molecular complexity index is 350. The molecule has 4 nitrogen and oxygen atoms in total. The second-order valence-electron chi connectivity index (χ2n) is 5.16. The maximum Gasteiger partial charge on any atom is 0.0537 e. The predicted octanol–water partition coefficient (Wildman–Crippen LogP) is 1.16. The van der Waals surface area contributed by atoms with Crippen LogP contribution in [0.4, 0.5) is 0 Å². The topological polar surface area (TPSA) is 33.1 Å². The quantitative estimate of drug-likeness (QED) is 0.851. The standard InChI is InChI=1S/C13H24N4/c1-11-13(9-15-16(11)3)10-17-6-4-12(5-7-17)8-14-2/h9,12,14H,4-8,10H2,1-3H3. The molecule has 4 heteroatoms. The first-order valence-electron chi connectivity index (χ1n) is 6.55. The zero-order valence-corrected chi connectivity index (χ0v) is 11.2.